The van der Waals surface area contributed by atoms with Crippen molar-refractivity contribution in [3.05, 3.63) is 24.3 Å². The molecular formula is C6H5IO4. The molecule has 0 aliphatic rings. The molecule has 0 bridgehead atoms. The maximum atomic E-state index is 8.31. The van der Waals surface area contributed by atoms with Gasteiger partial charge in [0.05, 0.1) is 0 Å². The average Bonchev–Trinajstić information content (AvgIpc) is 2.06. The van der Waals surface area contributed by atoms with Crippen molar-refractivity contribution in [3.8, 4) is 11.5 Å². The highest BCUT2D eigenvalue weighted by Gasteiger charge is 2.03. The quantitative estimate of drug-likeness (QED) is 0.518. The number of para-hydroxylation sites is 2. The van der Waals surface area contributed by atoms with Crippen molar-refractivity contribution in [1.82, 2.24) is 0 Å². The Morgan fingerprint density at radius 2 is 1.82 bits per heavy atom. The third-order valence-corrected chi connectivity index (χ3v) is 1.25. The van der Waals surface area contributed by atoms with E-state index in [9.17, 15) is 0 Å². The van der Waals surface area contributed by atoms with Gasteiger partial charge in [0.15, 0.2) is 23.0 Å². The van der Waals surface area contributed by atoms with E-state index in [1.54, 1.807) is 47.3 Å². The summed E-state index contributed by atoms with van der Waals surface area (Å²) in [6.07, 6.45) is 0. The smallest absolute Gasteiger partial charge is 0.212 e. The molecule has 0 spiro atoms. The summed E-state index contributed by atoms with van der Waals surface area (Å²) in [4.78, 5) is 8.62. The molecule has 60 valence electrons. The summed E-state index contributed by atoms with van der Waals surface area (Å²) < 4.78 is 4.35. The first kappa shape index (κ1) is 8.57. The van der Waals surface area contributed by atoms with E-state index >= 15 is 0 Å². The molecule has 0 heterocycles. The molecule has 11 heavy (non-hydrogen) atoms. The Morgan fingerprint density at radius 3 is 2.36 bits per heavy atom. The molecule has 5 heteroatoms. The Hall–Kier alpha value is -0.530. The fraction of sp³-hybridized carbons (Fsp3) is 0. The second-order valence-electron chi connectivity index (χ2n) is 1.68. The SMILES string of the molecule is OOc1ccccc1OOI. The number of halogens is 1. The first-order valence-corrected chi connectivity index (χ1v) is 3.62. The third-order valence-electron chi connectivity index (χ3n) is 1.07. The molecule has 0 aromatic heterocycles. The summed E-state index contributed by atoms with van der Waals surface area (Å²) in [5.41, 5.74) is 0. The molecule has 0 amide bonds. The Bertz CT molecular complexity index is 228. The van der Waals surface area contributed by atoms with Crippen LogP contribution in [0.4, 0.5) is 0 Å². The van der Waals surface area contributed by atoms with E-state index < -0.39 is 0 Å². The van der Waals surface area contributed by atoms with E-state index in [1.807, 2.05) is 0 Å². The second-order valence-corrected chi connectivity index (χ2v) is 2.04. The van der Waals surface area contributed by atoms with E-state index in [2.05, 4.69) is 13.0 Å². The predicted molar refractivity (Wildman–Crippen MR) is 45.4 cm³/mol. The van der Waals surface area contributed by atoms with Crippen molar-refractivity contribution in [2.24, 2.45) is 0 Å². The van der Waals surface area contributed by atoms with E-state index in [1.165, 1.54) is 0 Å². The molecule has 0 saturated heterocycles. The van der Waals surface area contributed by atoms with Crippen LogP contribution < -0.4 is 9.78 Å². The average molecular weight is 268 g/mol. The van der Waals surface area contributed by atoms with Crippen molar-refractivity contribution < 1.29 is 18.2 Å². The van der Waals surface area contributed by atoms with Gasteiger partial charge >= 0.3 is 0 Å². The first-order chi connectivity index (χ1) is 5.38. The highest BCUT2D eigenvalue weighted by molar-refractivity contribution is 14.1. The van der Waals surface area contributed by atoms with Gasteiger partial charge in [-0.05, 0) is 12.1 Å². The maximum Gasteiger partial charge on any atom is 0.212 e. The fourth-order valence-corrected chi connectivity index (χ4v) is 0.822. The van der Waals surface area contributed by atoms with Crippen LogP contribution in [-0.4, -0.2) is 5.26 Å². The van der Waals surface area contributed by atoms with Gasteiger partial charge < -0.3 is 9.78 Å². The van der Waals surface area contributed by atoms with Gasteiger partial charge in [-0.15, -0.1) is 3.22 Å². The molecule has 1 rings (SSSR count). The van der Waals surface area contributed by atoms with Crippen LogP contribution in [0.3, 0.4) is 0 Å². The minimum atomic E-state index is 0.212. The van der Waals surface area contributed by atoms with Crippen LogP contribution in [0.2, 0.25) is 0 Å². The van der Waals surface area contributed by atoms with Gasteiger partial charge in [0, 0.05) is 0 Å². The molecule has 0 radical (unpaired) electrons. The first-order valence-electron chi connectivity index (χ1n) is 2.74. The number of hydrogen-bond acceptors (Lipinski definition) is 4. The zero-order valence-corrected chi connectivity index (χ0v) is 7.52. The minimum Gasteiger partial charge on any atom is -0.336 e. The molecular weight excluding hydrogens is 263 g/mol. The van der Waals surface area contributed by atoms with E-state index in [4.69, 9.17) is 5.26 Å². The third kappa shape index (κ3) is 2.21. The van der Waals surface area contributed by atoms with Gasteiger partial charge in [-0.1, -0.05) is 12.1 Å². The summed E-state index contributed by atoms with van der Waals surface area (Å²) in [5.74, 6) is 0.536. The highest BCUT2D eigenvalue weighted by Crippen LogP contribution is 2.26. The Kier molecular flexibility index (Phi) is 3.40. The summed E-state index contributed by atoms with van der Waals surface area (Å²) in [5, 5.41) is 8.31. The molecule has 1 aromatic carbocycles. The lowest BCUT2D eigenvalue weighted by Gasteiger charge is -2.02. The fourth-order valence-electron chi connectivity index (χ4n) is 0.628. The van der Waals surface area contributed by atoms with Gasteiger partial charge in [-0.2, -0.15) is 0 Å². The van der Waals surface area contributed by atoms with Crippen LogP contribution in [0.25, 0.3) is 0 Å². The number of benzene rings is 1. The van der Waals surface area contributed by atoms with Crippen molar-refractivity contribution in [2.45, 2.75) is 0 Å². The minimum absolute atomic E-state index is 0.212. The van der Waals surface area contributed by atoms with Gasteiger partial charge in [0.2, 0.25) is 11.5 Å². The van der Waals surface area contributed by atoms with Crippen LogP contribution in [0.5, 0.6) is 11.5 Å². The molecule has 4 nitrogen and oxygen atoms in total. The second kappa shape index (κ2) is 4.37. The normalized spacial score (nSPS) is 9.27. The van der Waals surface area contributed by atoms with Gasteiger partial charge in [0.1, 0.15) is 0 Å². The zero-order chi connectivity index (χ0) is 8.10. The van der Waals surface area contributed by atoms with Crippen LogP contribution in [0.1, 0.15) is 0 Å². The molecule has 0 atom stereocenters. The molecule has 0 fully saturated rings. The van der Waals surface area contributed by atoms with E-state index in [-0.39, 0.29) is 5.75 Å². The van der Waals surface area contributed by atoms with Crippen LogP contribution in [-0.2, 0) is 3.22 Å². The molecule has 0 aliphatic heterocycles. The van der Waals surface area contributed by atoms with Crippen molar-refractivity contribution >= 4 is 23.0 Å². The topological polar surface area (TPSA) is 47.9 Å². The maximum absolute atomic E-state index is 8.31. The summed E-state index contributed by atoms with van der Waals surface area (Å²) >= 11 is 1.56. The summed E-state index contributed by atoms with van der Waals surface area (Å²) in [6, 6.07) is 6.58. The molecule has 0 unspecified atom stereocenters. The lowest BCUT2D eigenvalue weighted by Crippen LogP contribution is -1.90. The summed E-state index contributed by atoms with van der Waals surface area (Å²) in [6.45, 7) is 0. The van der Waals surface area contributed by atoms with Crippen molar-refractivity contribution in [3.63, 3.8) is 0 Å². The molecule has 0 saturated carbocycles. The summed E-state index contributed by atoms with van der Waals surface area (Å²) in [7, 11) is 0. The molecule has 1 aromatic rings. The van der Waals surface area contributed by atoms with Crippen molar-refractivity contribution in [1.29, 1.82) is 0 Å². The largest absolute Gasteiger partial charge is 0.336 e. The van der Waals surface area contributed by atoms with Gasteiger partial charge in [-0.3, -0.25) is 0 Å². The van der Waals surface area contributed by atoms with Gasteiger partial charge in [-0.25, -0.2) is 5.26 Å². The van der Waals surface area contributed by atoms with Gasteiger partial charge in [0.25, 0.3) is 0 Å². The van der Waals surface area contributed by atoms with Crippen LogP contribution >= 0.6 is 23.0 Å². The monoisotopic (exact) mass is 268 g/mol. The zero-order valence-electron chi connectivity index (χ0n) is 5.36. The van der Waals surface area contributed by atoms with E-state index in [0.717, 1.165) is 0 Å². The standard InChI is InChI=1S/C6H5IO4/c7-11-10-6-4-2-1-3-5(6)9-8/h1-4,8H. The van der Waals surface area contributed by atoms with Crippen LogP contribution in [0, 0.1) is 0 Å². The van der Waals surface area contributed by atoms with E-state index in [0.29, 0.717) is 5.75 Å². The lowest BCUT2D eigenvalue weighted by atomic mass is 10.3. The predicted octanol–water partition coefficient (Wildman–Crippen LogP) is 2.20. The Morgan fingerprint density at radius 1 is 1.18 bits per heavy atom. The highest BCUT2D eigenvalue weighted by atomic mass is 127. The van der Waals surface area contributed by atoms with Crippen molar-refractivity contribution in [2.75, 3.05) is 0 Å². The lowest BCUT2D eigenvalue weighted by molar-refractivity contribution is -0.145. The number of hydrogen-bond donors (Lipinski definition) is 1. The molecule has 1 N–H and O–H groups in total. The Labute approximate surface area is 77.2 Å². The van der Waals surface area contributed by atoms with Crippen LogP contribution in [0.15, 0.2) is 24.3 Å². The number of rotatable bonds is 3. The molecule has 0 aliphatic carbocycles. The Balaban J connectivity index is 2.83.